The van der Waals surface area contributed by atoms with Crippen LogP contribution in [-0.2, 0) is 0 Å². The molecule has 0 aromatic carbocycles. The van der Waals surface area contributed by atoms with Crippen molar-refractivity contribution < 1.29 is 5.11 Å². The van der Waals surface area contributed by atoms with Crippen LogP contribution in [0.3, 0.4) is 0 Å². The van der Waals surface area contributed by atoms with Gasteiger partial charge in [-0.15, -0.1) is 11.3 Å². The Labute approximate surface area is 98.3 Å². The standard InChI is InChI=1S/C11H17BrOS/c1-4-7(2)5-10(13)11-9(12)6-8(3)14-11/h6-7,10,13H,4-5H2,1-3H3. The van der Waals surface area contributed by atoms with Crippen LogP contribution in [-0.4, -0.2) is 5.11 Å². The lowest BCUT2D eigenvalue weighted by Crippen LogP contribution is -2.02. The zero-order valence-corrected chi connectivity index (χ0v) is 11.3. The van der Waals surface area contributed by atoms with Crippen LogP contribution >= 0.6 is 27.3 Å². The van der Waals surface area contributed by atoms with Crippen molar-refractivity contribution in [3.63, 3.8) is 0 Å². The van der Waals surface area contributed by atoms with Crippen molar-refractivity contribution in [1.29, 1.82) is 0 Å². The van der Waals surface area contributed by atoms with E-state index >= 15 is 0 Å². The molecular weight excluding hydrogens is 260 g/mol. The Bertz CT molecular complexity index is 295. The summed E-state index contributed by atoms with van der Waals surface area (Å²) in [5.41, 5.74) is 0. The van der Waals surface area contributed by atoms with Gasteiger partial charge >= 0.3 is 0 Å². The van der Waals surface area contributed by atoms with Crippen molar-refractivity contribution in [1.82, 2.24) is 0 Å². The second kappa shape index (κ2) is 5.29. The first-order valence-electron chi connectivity index (χ1n) is 4.98. The van der Waals surface area contributed by atoms with Gasteiger partial charge in [0.2, 0.25) is 0 Å². The zero-order chi connectivity index (χ0) is 10.7. The lowest BCUT2D eigenvalue weighted by Gasteiger charge is -2.13. The van der Waals surface area contributed by atoms with E-state index in [4.69, 9.17) is 0 Å². The van der Waals surface area contributed by atoms with Crippen LogP contribution < -0.4 is 0 Å². The van der Waals surface area contributed by atoms with Gasteiger partial charge in [0.1, 0.15) is 0 Å². The number of aliphatic hydroxyl groups is 1. The van der Waals surface area contributed by atoms with Gasteiger partial charge in [-0.3, -0.25) is 0 Å². The van der Waals surface area contributed by atoms with Crippen LogP contribution in [0.25, 0.3) is 0 Å². The van der Waals surface area contributed by atoms with Crippen molar-refractivity contribution >= 4 is 27.3 Å². The van der Waals surface area contributed by atoms with Gasteiger partial charge in [-0.2, -0.15) is 0 Å². The van der Waals surface area contributed by atoms with E-state index in [0.717, 1.165) is 22.2 Å². The molecule has 0 spiro atoms. The molecule has 0 amide bonds. The van der Waals surface area contributed by atoms with Gasteiger partial charge in [-0.1, -0.05) is 20.3 Å². The molecule has 1 aromatic heterocycles. The van der Waals surface area contributed by atoms with Crippen molar-refractivity contribution in [3.8, 4) is 0 Å². The molecule has 80 valence electrons. The smallest absolute Gasteiger partial charge is 0.0896 e. The summed E-state index contributed by atoms with van der Waals surface area (Å²) in [5.74, 6) is 0.583. The first-order chi connectivity index (χ1) is 6.54. The quantitative estimate of drug-likeness (QED) is 0.870. The minimum absolute atomic E-state index is 0.307. The fraction of sp³-hybridized carbons (Fsp3) is 0.636. The molecule has 1 heterocycles. The maximum Gasteiger partial charge on any atom is 0.0896 e. The maximum atomic E-state index is 10.00. The van der Waals surface area contributed by atoms with Gasteiger partial charge in [0, 0.05) is 14.2 Å². The van der Waals surface area contributed by atoms with Gasteiger partial charge in [-0.25, -0.2) is 0 Å². The molecule has 0 saturated carbocycles. The van der Waals surface area contributed by atoms with E-state index in [0.29, 0.717) is 5.92 Å². The highest BCUT2D eigenvalue weighted by Gasteiger charge is 2.16. The predicted molar refractivity (Wildman–Crippen MR) is 65.8 cm³/mol. The Morgan fingerprint density at radius 1 is 1.57 bits per heavy atom. The molecule has 2 atom stereocenters. The molecule has 0 saturated heterocycles. The van der Waals surface area contributed by atoms with Gasteiger partial charge in [-0.05, 0) is 41.3 Å². The third kappa shape index (κ3) is 3.07. The normalized spacial score (nSPS) is 15.5. The highest BCUT2D eigenvalue weighted by molar-refractivity contribution is 9.10. The average Bonchev–Trinajstić information content (AvgIpc) is 2.45. The second-order valence-electron chi connectivity index (χ2n) is 3.83. The molecule has 1 nitrogen and oxygen atoms in total. The monoisotopic (exact) mass is 276 g/mol. The lowest BCUT2D eigenvalue weighted by molar-refractivity contribution is 0.149. The van der Waals surface area contributed by atoms with Gasteiger partial charge < -0.3 is 5.11 Å². The van der Waals surface area contributed by atoms with E-state index in [1.165, 1.54) is 4.88 Å². The Kier molecular flexibility index (Phi) is 4.61. The summed E-state index contributed by atoms with van der Waals surface area (Å²) < 4.78 is 1.05. The second-order valence-corrected chi connectivity index (χ2v) is 5.98. The Morgan fingerprint density at radius 2 is 2.21 bits per heavy atom. The van der Waals surface area contributed by atoms with Gasteiger partial charge in [0.15, 0.2) is 0 Å². The summed E-state index contributed by atoms with van der Waals surface area (Å²) in [4.78, 5) is 2.32. The van der Waals surface area contributed by atoms with Crippen LogP contribution in [0.5, 0.6) is 0 Å². The lowest BCUT2D eigenvalue weighted by atomic mass is 10.0. The van der Waals surface area contributed by atoms with Crippen LogP contribution in [0.15, 0.2) is 10.5 Å². The number of halogens is 1. The topological polar surface area (TPSA) is 20.2 Å². The van der Waals surface area contributed by atoms with Crippen LogP contribution in [0.4, 0.5) is 0 Å². The largest absolute Gasteiger partial charge is 0.388 e. The summed E-state index contributed by atoms with van der Waals surface area (Å²) in [6.07, 6.45) is 1.67. The zero-order valence-electron chi connectivity index (χ0n) is 8.88. The molecule has 1 aromatic rings. The van der Waals surface area contributed by atoms with Crippen LogP contribution in [0.1, 0.15) is 42.5 Å². The van der Waals surface area contributed by atoms with E-state index in [1.807, 2.05) is 0 Å². The summed E-state index contributed by atoms with van der Waals surface area (Å²) >= 11 is 5.16. The number of hydrogen-bond acceptors (Lipinski definition) is 2. The Hall–Kier alpha value is 0.140. The number of rotatable bonds is 4. The van der Waals surface area contributed by atoms with Crippen molar-refractivity contribution in [3.05, 3.63) is 20.3 Å². The van der Waals surface area contributed by atoms with E-state index < -0.39 is 0 Å². The summed E-state index contributed by atoms with van der Waals surface area (Å²) in [5, 5.41) is 10.00. The molecule has 0 aliphatic heterocycles. The summed E-state index contributed by atoms with van der Waals surface area (Å²) in [7, 11) is 0. The number of hydrogen-bond donors (Lipinski definition) is 1. The van der Waals surface area contributed by atoms with Crippen molar-refractivity contribution in [2.24, 2.45) is 5.92 Å². The fourth-order valence-electron chi connectivity index (χ4n) is 1.38. The molecular formula is C11H17BrOS. The molecule has 0 radical (unpaired) electrons. The first kappa shape index (κ1) is 12.2. The first-order valence-corrected chi connectivity index (χ1v) is 6.59. The third-order valence-corrected chi connectivity index (χ3v) is 4.53. The SMILES string of the molecule is CCC(C)CC(O)c1sc(C)cc1Br. The van der Waals surface area contributed by atoms with E-state index in [2.05, 4.69) is 42.8 Å². The number of aryl methyl sites for hydroxylation is 1. The van der Waals surface area contributed by atoms with E-state index in [-0.39, 0.29) is 6.10 Å². The minimum atomic E-state index is -0.307. The predicted octanol–water partition coefficient (Wildman–Crippen LogP) is 4.29. The number of aliphatic hydroxyl groups excluding tert-OH is 1. The molecule has 3 heteroatoms. The molecule has 0 bridgehead atoms. The molecule has 14 heavy (non-hydrogen) atoms. The van der Waals surface area contributed by atoms with E-state index in [1.54, 1.807) is 11.3 Å². The fourth-order valence-corrected chi connectivity index (χ4v) is 3.30. The maximum absolute atomic E-state index is 10.00. The molecule has 0 aliphatic rings. The molecule has 2 unspecified atom stereocenters. The van der Waals surface area contributed by atoms with Crippen LogP contribution in [0, 0.1) is 12.8 Å². The molecule has 0 aliphatic carbocycles. The molecule has 0 fully saturated rings. The Morgan fingerprint density at radius 3 is 2.64 bits per heavy atom. The summed E-state index contributed by atoms with van der Waals surface area (Å²) in [6, 6.07) is 2.07. The number of thiophene rings is 1. The molecule has 1 rings (SSSR count). The average molecular weight is 277 g/mol. The van der Waals surface area contributed by atoms with Crippen LogP contribution in [0.2, 0.25) is 0 Å². The Balaban J connectivity index is 2.69. The third-order valence-electron chi connectivity index (χ3n) is 2.46. The van der Waals surface area contributed by atoms with Gasteiger partial charge in [0.25, 0.3) is 0 Å². The van der Waals surface area contributed by atoms with Crippen molar-refractivity contribution in [2.75, 3.05) is 0 Å². The highest BCUT2D eigenvalue weighted by Crippen LogP contribution is 2.35. The van der Waals surface area contributed by atoms with E-state index in [9.17, 15) is 5.11 Å². The minimum Gasteiger partial charge on any atom is -0.388 e. The summed E-state index contributed by atoms with van der Waals surface area (Å²) in [6.45, 7) is 6.40. The van der Waals surface area contributed by atoms with Crippen molar-refractivity contribution in [2.45, 2.75) is 39.7 Å². The highest BCUT2D eigenvalue weighted by atomic mass is 79.9. The molecule has 1 N–H and O–H groups in total. The van der Waals surface area contributed by atoms with Gasteiger partial charge in [0.05, 0.1) is 6.10 Å².